The van der Waals surface area contributed by atoms with Crippen molar-refractivity contribution in [2.24, 2.45) is 16.6 Å². The highest BCUT2D eigenvalue weighted by Crippen LogP contribution is 2.24. The number of hydrogen-bond acceptors (Lipinski definition) is 2. The number of rotatable bonds is 5. The smallest absolute Gasteiger partial charge is 0.370 e. The maximum absolute atomic E-state index is 12.4. The first-order valence-electron chi connectivity index (χ1n) is 8.66. The van der Waals surface area contributed by atoms with Gasteiger partial charge in [0.05, 0.1) is 6.54 Å². The van der Waals surface area contributed by atoms with Crippen LogP contribution >= 0.6 is 24.0 Å². The van der Waals surface area contributed by atoms with E-state index in [1.807, 2.05) is 25.1 Å². The van der Waals surface area contributed by atoms with Crippen LogP contribution in [0.5, 0.6) is 0 Å². The van der Waals surface area contributed by atoms with Crippen molar-refractivity contribution in [1.82, 2.24) is 4.90 Å². The molecule has 26 heavy (non-hydrogen) atoms. The molecule has 1 aromatic carbocycles. The molecule has 0 amide bonds. The quantitative estimate of drug-likeness (QED) is 0.372. The van der Waals surface area contributed by atoms with Gasteiger partial charge < -0.3 is 11.1 Å². The maximum Gasteiger partial charge on any atom is 0.401 e. The van der Waals surface area contributed by atoms with Gasteiger partial charge in [-0.25, -0.2) is 0 Å². The number of aliphatic imine (C=N–C) groups is 1. The number of aryl methyl sites for hydroxylation is 2. The molecule has 148 valence electrons. The number of nitrogens with two attached hydrogens (primary N) is 1. The number of benzene rings is 1. The number of piperidine rings is 1. The van der Waals surface area contributed by atoms with E-state index in [2.05, 4.69) is 17.2 Å². The van der Waals surface area contributed by atoms with Gasteiger partial charge >= 0.3 is 6.18 Å². The summed E-state index contributed by atoms with van der Waals surface area (Å²) < 4.78 is 37.1. The second-order valence-electron chi connectivity index (χ2n) is 6.81. The summed E-state index contributed by atoms with van der Waals surface area (Å²) in [5, 5.41) is 3.08. The van der Waals surface area contributed by atoms with Crippen LogP contribution in [0.25, 0.3) is 0 Å². The van der Waals surface area contributed by atoms with E-state index in [1.54, 1.807) is 0 Å². The van der Waals surface area contributed by atoms with Gasteiger partial charge in [0.2, 0.25) is 0 Å². The molecule has 1 aromatic rings. The summed E-state index contributed by atoms with van der Waals surface area (Å²) in [4.78, 5) is 5.82. The monoisotopic (exact) mass is 484 g/mol. The Morgan fingerprint density at radius 3 is 2.46 bits per heavy atom. The number of alkyl halides is 3. The second-order valence-corrected chi connectivity index (χ2v) is 6.81. The highest BCUT2D eigenvalue weighted by Gasteiger charge is 2.32. The van der Waals surface area contributed by atoms with E-state index in [4.69, 9.17) is 5.73 Å². The highest BCUT2D eigenvalue weighted by molar-refractivity contribution is 14.0. The van der Waals surface area contributed by atoms with Crippen molar-refractivity contribution in [2.75, 3.05) is 31.5 Å². The number of halogens is 4. The minimum absolute atomic E-state index is 0. The van der Waals surface area contributed by atoms with E-state index < -0.39 is 12.7 Å². The molecule has 1 aliphatic rings. The van der Waals surface area contributed by atoms with E-state index in [1.165, 1.54) is 16.0 Å². The number of likely N-dealkylation sites (tertiary alicyclic amines) is 1. The third kappa shape index (κ3) is 8.11. The fraction of sp³-hybridized carbons (Fsp3) is 0.611. The first-order valence-corrected chi connectivity index (χ1v) is 8.66. The second kappa shape index (κ2) is 10.3. The van der Waals surface area contributed by atoms with Crippen LogP contribution in [0, 0.1) is 19.8 Å². The van der Waals surface area contributed by atoms with Crippen LogP contribution in [0.3, 0.4) is 0 Å². The number of guanidine groups is 1. The van der Waals surface area contributed by atoms with Gasteiger partial charge in [-0.1, -0.05) is 6.07 Å². The highest BCUT2D eigenvalue weighted by atomic mass is 127. The van der Waals surface area contributed by atoms with E-state index in [0.29, 0.717) is 31.5 Å². The van der Waals surface area contributed by atoms with Crippen LogP contribution in [-0.4, -0.2) is 43.2 Å². The summed E-state index contributed by atoms with van der Waals surface area (Å²) in [5.74, 6) is 0.792. The van der Waals surface area contributed by atoms with Crippen molar-refractivity contribution in [3.05, 3.63) is 29.3 Å². The molecule has 1 aliphatic heterocycles. The van der Waals surface area contributed by atoms with Gasteiger partial charge in [-0.15, -0.1) is 24.0 Å². The Bertz CT molecular complexity index is 597. The molecule has 1 saturated heterocycles. The molecular weight excluding hydrogens is 456 g/mol. The minimum Gasteiger partial charge on any atom is -0.370 e. The fourth-order valence-electron chi connectivity index (χ4n) is 3.06. The molecule has 3 N–H and O–H groups in total. The lowest BCUT2D eigenvalue weighted by atomic mass is 9.93. The van der Waals surface area contributed by atoms with Crippen LogP contribution in [-0.2, 0) is 0 Å². The normalized spacial score (nSPS) is 17.0. The zero-order valence-corrected chi connectivity index (χ0v) is 17.6. The molecule has 1 heterocycles. The topological polar surface area (TPSA) is 53.6 Å². The molecular formula is C18H28F3IN4. The van der Waals surface area contributed by atoms with Crippen molar-refractivity contribution in [2.45, 2.75) is 39.3 Å². The Balaban J connectivity index is 0.00000338. The zero-order chi connectivity index (χ0) is 18.4. The fourth-order valence-corrected chi connectivity index (χ4v) is 3.06. The first-order chi connectivity index (χ1) is 11.7. The van der Waals surface area contributed by atoms with Gasteiger partial charge in [0.15, 0.2) is 5.96 Å². The largest absolute Gasteiger partial charge is 0.401 e. The van der Waals surface area contributed by atoms with E-state index in [9.17, 15) is 13.2 Å². The van der Waals surface area contributed by atoms with E-state index in [0.717, 1.165) is 24.9 Å². The van der Waals surface area contributed by atoms with Crippen LogP contribution in [0.2, 0.25) is 0 Å². The van der Waals surface area contributed by atoms with Crippen LogP contribution < -0.4 is 11.1 Å². The molecule has 1 fully saturated rings. The lowest BCUT2D eigenvalue weighted by molar-refractivity contribution is -0.148. The summed E-state index contributed by atoms with van der Waals surface area (Å²) in [6.45, 7) is 4.89. The maximum atomic E-state index is 12.4. The average Bonchev–Trinajstić information content (AvgIpc) is 2.51. The standard InChI is InChI=1S/C18H27F3N4.HI/c1-13-3-4-16(11-14(13)2)24-17(22)23-8-5-15-6-9-25(10-7-15)12-18(19,20)21;/h3-4,11,15H,5-10,12H2,1-2H3,(H3,22,23,24);1H. The molecule has 0 unspecified atom stereocenters. The molecule has 2 rings (SSSR count). The van der Waals surface area contributed by atoms with Crippen molar-refractivity contribution >= 4 is 35.6 Å². The number of hydrogen-bond donors (Lipinski definition) is 2. The van der Waals surface area contributed by atoms with Crippen molar-refractivity contribution in [3.8, 4) is 0 Å². The Kier molecular flexibility index (Phi) is 9.15. The Morgan fingerprint density at radius 1 is 1.23 bits per heavy atom. The Morgan fingerprint density at radius 2 is 1.88 bits per heavy atom. The lowest BCUT2D eigenvalue weighted by Crippen LogP contribution is -2.40. The van der Waals surface area contributed by atoms with Gasteiger partial charge in [0.25, 0.3) is 0 Å². The molecule has 4 nitrogen and oxygen atoms in total. The summed E-state index contributed by atoms with van der Waals surface area (Å²) in [5.41, 5.74) is 9.22. The number of nitrogens with one attached hydrogen (secondary N) is 1. The predicted molar refractivity (Wildman–Crippen MR) is 111 cm³/mol. The number of anilines is 1. The third-order valence-electron chi connectivity index (χ3n) is 4.71. The molecule has 0 aromatic heterocycles. The number of nitrogens with zero attached hydrogens (tertiary/aromatic N) is 2. The van der Waals surface area contributed by atoms with Crippen LogP contribution in [0.1, 0.15) is 30.4 Å². The van der Waals surface area contributed by atoms with E-state index >= 15 is 0 Å². The summed E-state index contributed by atoms with van der Waals surface area (Å²) in [6.07, 6.45) is -1.67. The van der Waals surface area contributed by atoms with E-state index in [-0.39, 0.29) is 24.0 Å². The zero-order valence-electron chi connectivity index (χ0n) is 15.3. The predicted octanol–water partition coefficient (Wildman–Crippen LogP) is 4.31. The van der Waals surface area contributed by atoms with Crippen molar-refractivity contribution < 1.29 is 13.2 Å². The van der Waals surface area contributed by atoms with Crippen molar-refractivity contribution in [3.63, 3.8) is 0 Å². The van der Waals surface area contributed by atoms with Gasteiger partial charge in [-0.05, 0) is 75.4 Å². The third-order valence-corrected chi connectivity index (χ3v) is 4.71. The molecule has 0 saturated carbocycles. The molecule has 0 radical (unpaired) electrons. The van der Waals surface area contributed by atoms with Crippen molar-refractivity contribution in [1.29, 1.82) is 0 Å². The Hall–Kier alpha value is -1.03. The average molecular weight is 484 g/mol. The first kappa shape index (κ1) is 23.0. The van der Waals surface area contributed by atoms with Gasteiger partial charge in [-0.3, -0.25) is 9.89 Å². The summed E-state index contributed by atoms with van der Waals surface area (Å²) in [7, 11) is 0. The SMILES string of the molecule is Cc1ccc(NC(N)=NCCC2CCN(CC(F)(F)F)CC2)cc1C.I. The van der Waals surface area contributed by atoms with Crippen LogP contribution in [0.15, 0.2) is 23.2 Å². The van der Waals surface area contributed by atoms with Gasteiger partial charge in [0, 0.05) is 12.2 Å². The Labute approximate surface area is 170 Å². The minimum atomic E-state index is -4.11. The molecule has 0 aliphatic carbocycles. The lowest BCUT2D eigenvalue weighted by Gasteiger charge is -2.32. The van der Waals surface area contributed by atoms with Gasteiger partial charge in [-0.2, -0.15) is 13.2 Å². The molecule has 8 heteroatoms. The summed E-state index contributed by atoms with van der Waals surface area (Å²) in [6, 6.07) is 6.01. The van der Waals surface area contributed by atoms with Crippen LogP contribution in [0.4, 0.5) is 18.9 Å². The summed E-state index contributed by atoms with van der Waals surface area (Å²) >= 11 is 0. The van der Waals surface area contributed by atoms with Gasteiger partial charge in [0.1, 0.15) is 0 Å². The molecule has 0 spiro atoms. The molecule has 0 bridgehead atoms. The molecule has 0 atom stereocenters.